The van der Waals surface area contributed by atoms with Gasteiger partial charge >= 0.3 is 0 Å². The van der Waals surface area contributed by atoms with Gasteiger partial charge in [0.25, 0.3) is 0 Å². The Bertz CT molecular complexity index is 541. The zero-order valence-corrected chi connectivity index (χ0v) is 13.4. The molecule has 0 amide bonds. The Labute approximate surface area is 123 Å². The smallest absolute Gasteiger partial charge is 0.244 e. The van der Waals surface area contributed by atoms with Crippen LogP contribution in [0.15, 0.2) is 10.3 Å². The second-order valence-corrected chi connectivity index (χ2v) is 7.62. The molecule has 1 aliphatic heterocycles. The molecule has 0 aliphatic carbocycles. The van der Waals surface area contributed by atoms with Crippen molar-refractivity contribution >= 4 is 33.0 Å². The van der Waals surface area contributed by atoms with Crippen molar-refractivity contribution in [1.29, 1.82) is 0 Å². The van der Waals surface area contributed by atoms with Crippen LogP contribution in [-0.4, -0.2) is 38.5 Å². The summed E-state index contributed by atoms with van der Waals surface area (Å²) in [6.07, 6.45) is 0.749. The summed E-state index contributed by atoms with van der Waals surface area (Å²) in [5.74, 6) is 0.230. The summed E-state index contributed by atoms with van der Waals surface area (Å²) >= 11 is 7.27. The normalized spacial score (nSPS) is 21.7. The molecule has 0 saturated carbocycles. The molecule has 0 aromatic carbocycles. The van der Waals surface area contributed by atoms with Crippen LogP contribution in [0.1, 0.15) is 23.8 Å². The van der Waals surface area contributed by atoms with Crippen LogP contribution < -0.4 is 0 Å². The molecule has 2 heterocycles. The predicted molar refractivity (Wildman–Crippen MR) is 77.4 cm³/mol. The summed E-state index contributed by atoms with van der Waals surface area (Å²) in [6, 6.07) is -0.0822. The van der Waals surface area contributed by atoms with Crippen LogP contribution in [0.25, 0.3) is 0 Å². The van der Waals surface area contributed by atoms with Gasteiger partial charge in [0.05, 0.1) is 19.1 Å². The van der Waals surface area contributed by atoms with Crippen molar-refractivity contribution in [3.63, 3.8) is 0 Å². The van der Waals surface area contributed by atoms with Crippen LogP contribution >= 0.6 is 22.9 Å². The van der Waals surface area contributed by atoms with Gasteiger partial charge in [-0.15, -0.1) is 22.9 Å². The number of halogens is 1. The Kier molecular flexibility index (Phi) is 4.89. The number of ether oxygens (including phenoxy) is 1. The third kappa shape index (κ3) is 2.83. The molecule has 1 aromatic rings. The van der Waals surface area contributed by atoms with Gasteiger partial charge in [-0.3, -0.25) is 0 Å². The summed E-state index contributed by atoms with van der Waals surface area (Å²) in [5.41, 5.74) is 0.780. The lowest BCUT2D eigenvalue weighted by atomic mass is 10.2. The number of nitrogens with zero attached hydrogens (tertiary/aromatic N) is 1. The van der Waals surface area contributed by atoms with Crippen LogP contribution in [0, 0.1) is 6.92 Å². The molecule has 0 radical (unpaired) electrons. The van der Waals surface area contributed by atoms with Crippen LogP contribution in [0.3, 0.4) is 0 Å². The zero-order chi connectivity index (χ0) is 14.0. The van der Waals surface area contributed by atoms with Crippen molar-refractivity contribution in [2.75, 3.05) is 19.8 Å². The van der Waals surface area contributed by atoms with Crippen molar-refractivity contribution in [2.24, 2.45) is 0 Å². The summed E-state index contributed by atoms with van der Waals surface area (Å²) in [7, 11) is -3.47. The van der Waals surface area contributed by atoms with Crippen molar-refractivity contribution in [3.05, 3.63) is 15.8 Å². The van der Waals surface area contributed by atoms with E-state index in [1.807, 2.05) is 19.2 Å². The number of morpholine rings is 1. The maximum Gasteiger partial charge on any atom is 0.244 e. The lowest BCUT2D eigenvalue weighted by molar-refractivity contribution is 0.0314. The maximum absolute atomic E-state index is 12.8. The van der Waals surface area contributed by atoms with Crippen LogP contribution in [0.2, 0.25) is 0 Å². The molecule has 19 heavy (non-hydrogen) atoms. The minimum Gasteiger partial charge on any atom is -0.378 e. The molecular formula is C12H18ClNO3S2. The first-order valence-electron chi connectivity index (χ1n) is 6.24. The Hall–Kier alpha value is -0.140. The molecule has 2 rings (SSSR count). The van der Waals surface area contributed by atoms with Gasteiger partial charge in [-0.05, 0) is 24.3 Å². The summed E-state index contributed by atoms with van der Waals surface area (Å²) in [4.78, 5) is 1.12. The van der Waals surface area contributed by atoms with E-state index in [4.69, 9.17) is 16.3 Å². The van der Waals surface area contributed by atoms with E-state index in [1.165, 1.54) is 11.3 Å². The van der Waals surface area contributed by atoms with E-state index in [0.717, 1.165) is 16.9 Å². The predicted octanol–water partition coefficient (Wildman–Crippen LogP) is 2.59. The standard InChI is InChI=1S/C12H18ClNO3S2/c1-3-10-7-17-5-4-14(10)19(15,16)12-9(2)8-18-11(12)6-13/h8,10H,3-7H2,1-2H3. The van der Waals surface area contributed by atoms with Gasteiger partial charge in [-0.2, -0.15) is 4.31 Å². The van der Waals surface area contributed by atoms with E-state index >= 15 is 0 Å². The Balaban J connectivity index is 2.43. The molecule has 1 atom stereocenters. The highest BCUT2D eigenvalue weighted by atomic mass is 35.5. The SMILES string of the molecule is CCC1COCCN1S(=O)(=O)c1c(C)csc1CCl. The molecule has 1 unspecified atom stereocenters. The number of alkyl halides is 1. The number of hydrogen-bond donors (Lipinski definition) is 0. The van der Waals surface area contributed by atoms with E-state index in [1.54, 1.807) is 4.31 Å². The average Bonchev–Trinajstić information content (AvgIpc) is 2.80. The molecule has 0 spiro atoms. The second kappa shape index (κ2) is 6.10. The first-order valence-corrected chi connectivity index (χ1v) is 9.10. The molecule has 1 aliphatic rings. The van der Waals surface area contributed by atoms with Gasteiger partial charge < -0.3 is 4.74 Å². The monoisotopic (exact) mass is 323 g/mol. The van der Waals surface area contributed by atoms with Gasteiger partial charge in [0.2, 0.25) is 10.0 Å². The molecule has 4 nitrogen and oxygen atoms in total. The number of rotatable bonds is 4. The highest BCUT2D eigenvalue weighted by Crippen LogP contribution is 2.32. The third-order valence-electron chi connectivity index (χ3n) is 3.32. The molecule has 108 valence electrons. The fraction of sp³-hybridized carbons (Fsp3) is 0.667. The minimum absolute atomic E-state index is 0.0822. The van der Waals surface area contributed by atoms with Gasteiger partial charge in [-0.1, -0.05) is 6.92 Å². The Morgan fingerprint density at radius 3 is 2.95 bits per heavy atom. The van der Waals surface area contributed by atoms with Gasteiger partial charge in [0.1, 0.15) is 4.90 Å². The number of aryl methyl sites for hydroxylation is 1. The fourth-order valence-corrected chi connectivity index (χ4v) is 6.00. The minimum atomic E-state index is -3.47. The van der Waals surface area contributed by atoms with E-state index in [2.05, 4.69) is 0 Å². The molecule has 7 heteroatoms. The Morgan fingerprint density at radius 1 is 1.58 bits per heavy atom. The van der Waals surface area contributed by atoms with Gasteiger partial charge in [0.15, 0.2) is 0 Å². The summed E-state index contributed by atoms with van der Waals surface area (Å²) < 4.78 is 32.6. The van der Waals surface area contributed by atoms with Crippen molar-refractivity contribution in [1.82, 2.24) is 4.31 Å². The highest BCUT2D eigenvalue weighted by Gasteiger charge is 2.35. The highest BCUT2D eigenvalue weighted by molar-refractivity contribution is 7.89. The van der Waals surface area contributed by atoms with Crippen molar-refractivity contribution in [3.8, 4) is 0 Å². The largest absolute Gasteiger partial charge is 0.378 e. The van der Waals surface area contributed by atoms with Gasteiger partial charge in [0, 0.05) is 17.5 Å². The molecule has 1 saturated heterocycles. The summed E-state index contributed by atoms with van der Waals surface area (Å²) in [6.45, 7) is 5.13. The molecule has 0 bridgehead atoms. The number of thiophene rings is 1. The Morgan fingerprint density at radius 2 is 2.32 bits per heavy atom. The maximum atomic E-state index is 12.8. The van der Waals surface area contributed by atoms with Crippen molar-refractivity contribution in [2.45, 2.75) is 37.1 Å². The number of hydrogen-bond acceptors (Lipinski definition) is 4. The second-order valence-electron chi connectivity index (χ2n) is 4.56. The topological polar surface area (TPSA) is 46.6 Å². The zero-order valence-electron chi connectivity index (χ0n) is 11.1. The van der Waals surface area contributed by atoms with Gasteiger partial charge in [-0.25, -0.2) is 8.42 Å². The average molecular weight is 324 g/mol. The van der Waals surface area contributed by atoms with Crippen LogP contribution in [0.5, 0.6) is 0 Å². The van der Waals surface area contributed by atoms with E-state index in [-0.39, 0.29) is 11.9 Å². The molecule has 1 fully saturated rings. The van der Waals surface area contributed by atoms with Crippen molar-refractivity contribution < 1.29 is 13.2 Å². The van der Waals surface area contributed by atoms with E-state index in [9.17, 15) is 8.42 Å². The van der Waals surface area contributed by atoms with E-state index in [0.29, 0.717) is 24.7 Å². The van der Waals surface area contributed by atoms with Crippen LogP contribution in [-0.2, 0) is 20.6 Å². The summed E-state index contributed by atoms with van der Waals surface area (Å²) in [5, 5.41) is 1.85. The third-order valence-corrected chi connectivity index (χ3v) is 7.16. The molecule has 1 aromatic heterocycles. The molecule has 0 N–H and O–H groups in total. The lowest BCUT2D eigenvalue weighted by Crippen LogP contribution is -2.48. The number of sulfonamides is 1. The van der Waals surface area contributed by atoms with Crippen LogP contribution in [0.4, 0.5) is 0 Å². The quantitative estimate of drug-likeness (QED) is 0.800. The molecular weight excluding hydrogens is 306 g/mol. The first-order chi connectivity index (χ1) is 9.02. The first kappa shape index (κ1) is 15.3. The van der Waals surface area contributed by atoms with E-state index < -0.39 is 10.0 Å². The fourth-order valence-electron chi connectivity index (χ4n) is 2.32. The lowest BCUT2D eigenvalue weighted by Gasteiger charge is -2.34.